The number of ether oxygens (including phenoxy) is 2. The SMILES string of the molecule is CCOc1cc(/C(=C\C(C)=O)c2ccc(NC(=O)NS(=O)(=O)c3ccccc3)cc2)ccc1OC. The summed E-state index contributed by atoms with van der Waals surface area (Å²) in [5.41, 5.74) is 2.50. The molecule has 0 saturated carbocycles. The molecule has 3 aromatic carbocycles. The van der Waals surface area contributed by atoms with Gasteiger partial charge in [0.25, 0.3) is 10.0 Å². The topological polar surface area (TPSA) is 111 Å². The first-order chi connectivity index (χ1) is 16.7. The number of anilines is 1. The second kappa shape index (κ2) is 11.3. The van der Waals surface area contributed by atoms with Gasteiger partial charge in [-0.15, -0.1) is 0 Å². The van der Waals surface area contributed by atoms with Crippen LogP contribution in [0.1, 0.15) is 25.0 Å². The summed E-state index contributed by atoms with van der Waals surface area (Å²) in [6.45, 7) is 3.78. The van der Waals surface area contributed by atoms with Gasteiger partial charge in [-0.05, 0) is 73.0 Å². The fourth-order valence-electron chi connectivity index (χ4n) is 3.32. The third-order valence-corrected chi connectivity index (χ3v) is 6.20. The lowest BCUT2D eigenvalue weighted by atomic mass is 9.96. The number of ketones is 1. The van der Waals surface area contributed by atoms with Crippen LogP contribution in [0.3, 0.4) is 0 Å². The molecule has 0 bridgehead atoms. The van der Waals surface area contributed by atoms with Crippen LogP contribution in [0.25, 0.3) is 5.57 Å². The van der Waals surface area contributed by atoms with Crippen molar-refractivity contribution in [3.05, 3.63) is 90.0 Å². The molecule has 0 saturated heterocycles. The first-order valence-corrected chi connectivity index (χ1v) is 12.2. The monoisotopic (exact) mass is 494 g/mol. The molecule has 0 radical (unpaired) electrons. The quantitative estimate of drug-likeness (QED) is 0.420. The number of rotatable bonds is 9. The first kappa shape index (κ1) is 25.5. The molecule has 35 heavy (non-hydrogen) atoms. The molecule has 0 spiro atoms. The van der Waals surface area contributed by atoms with Crippen LogP contribution in [-0.2, 0) is 14.8 Å². The Bertz CT molecular complexity index is 1330. The Kier molecular flexibility index (Phi) is 8.27. The molecule has 3 aromatic rings. The Morgan fingerprint density at radius 3 is 2.17 bits per heavy atom. The van der Waals surface area contributed by atoms with E-state index in [0.29, 0.717) is 29.4 Å². The lowest BCUT2D eigenvalue weighted by Crippen LogP contribution is -2.34. The zero-order valence-electron chi connectivity index (χ0n) is 19.6. The number of sulfonamides is 1. The largest absolute Gasteiger partial charge is 0.493 e. The van der Waals surface area contributed by atoms with Gasteiger partial charge in [0.15, 0.2) is 17.3 Å². The highest BCUT2D eigenvalue weighted by Crippen LogP contribution is 2.33. The Balaban J connectivity index is 1.82. The maximum atomic E-state index is 12.3. The van der Waals surface area contributed by atoms with Crippen molar-refractivity contribution < 1.29 is 27.5 Å². The molecule has 0 unspecified atom stereocenters. The van der Waals surface area contributed by atoms with Crippen LogP contribution in [0.4, 0.5) is 10.5 Å². The zero-order chi connectivity index (χ0) is 25.4. The molecular formula is C26H26N2O6S. The lowest BCUT2D eigenvalue weighted by molar-refractivity contribution is -0.112. The summed E-state index contributed by atoms with van der Waals surface area (Å²) in [6.07, 6.45) is 1.51. The molecule has 0 aliphatic rings. The van der Waals surface area contributed by atoms with E-state index in [1.165, 1.54) is 25.1 Å². The predicted octanol–water partition coefficient (Wildman–Crippen LogP) is 4.63. The second-order valence-corrected chi connectivity index (χ2v) is 9.10. The molecule has 3 rings (SSSR count). The molecular weight excluding hydrogens is 468 g/mol. The van der Waals surface area contributed by atoms with Crippen LogP contribution in [-0.4, -0.2) is 33.9 Å². The molecule has 8 nitrogen and oxygen atoms in total. The van der Waals surface area contributed by atoms with Gasteiger partial charge in [0, 0.05) is 5.69 Å². The van der Waals surface area contributed by atoms with Crippen LogP contribution >= 0.6 is 0 Å². The number of hydrogen-bond donors (Lipinski definition) is 2. The van der Waals surface area contributed by atoms with Gasteiger partial charge in [0.1, 0.15) is 0 Å². The smallest absolute Gasteiger partial charge is 0.333 e. The van der Waals surface area contributed by atoms with E-state index in [0.717, 1.165) is 11.1 Å². The average molecular weight is 495 g/mol. The van der Waals surface area contributed by atoms with Crippen molar-refractivity contribution in [3.8, 4) is 11.5 Å². The third kappa shape index (κ3) is 6.70. The van der Waals surface area contributed by atoms with E-state index >= 15 is 0 Å². The number of nitrogens with one attached hydrogen (secondary N) is 2. The van der Waals surface area contributed by atoms with Crippen LogP contribution in [0.2, 0.25) is 0 Å². The minimum absolute atomic E-state index is 0.0181. The van der Waals surface area contributed by atoms with Crippen molar-refractivity contribution in [2.45, 2.75) is 18.7 Å². The summed E-state index contributed by atoms with van der Waals surface area (Å²) in [7, 11) is -2.44. The molecule has 0 aliphatic carbocycles. The summed E-state index contributed by atoms with van der Waals surface area (Å²) in [5.74, 6) is 0.992. The van der Waals surface area contributed by atoms with Gasteiger partial charge in [-0.3, -0.25) is 4.79 Å². The van der Waals surface area contributed by atoms with Gasteiger partial charge in [-0.1, -0.05) is 36.4 Å². The second-order valence-electron chi connectivity index (χ2n) is 7.42. The molecule has 0 atom stereocenters. The number of urea groups is 1. The molecule has 2 amide bonds. The Labute approximate surface area is 204 Å². The van der Waals surface area contributed by atoms with Crippen LogP contribution in [0, 0.1) is 0 Å². The minimum atomic E-state index is -4.00. The molecule has 0 fully saturated rings. The standard InChI is InChI=1S/C26H26N2O6S/c1-4-34-25-17-20(12-15-24(25)33-3)23(16-18(2)29)19-10-13-21(14-11-19)27-26(30)28-35(31,32)22-8-6-5-7-9-22/h5-17H,4H2,1-3H3,(H2,27,28,30)/b23-16-. The number of carbonyl (C=O) groups excluding carboxylic acids is 2. The van der Waals surface area contributed by atoms with E-state index in [-0.39, 0.29) is 10.7 Å². The van der Waals surface area contributed by atoms with E-state index < -0.39 is 16.1 Å². The van der Waals surface area contributed by atoms with E-state index in [9.17, 15) is 18.0 Å². The van der Waals surface area contributed by atoms with Crippen molar-refractivity contribution in [1.82, 2.24) is 4.72 Å². The fraction of sp³-hybridized carbons (Fsp3) is 0.154. The van der Waals surface area contributed by atoms with Crippen molar-refractivity contribution in [3.63, 3.8) is 0 Å². The average Bonchev–Trinajstić information content (AvgIpc) is 2.83. The highest BCUT2D eigenvalue weighted by Gasteiger charge is 2.17. The molecule has 2 N–H and O–H groups in total. The number of amides is 2. The van der Waals surface area contributed by atoms with Crippen molar-refractivity contribution in [1.29, 1.82) is 0 Å². The summed E-state index contributed by atoms with van der Waals surface area (Å²) in [4.78, 5) is 24.2. The number of allylic oxidation sites excluding steroid dienone is 1. The number of hydrogen-bond acceptors (Lipinski definition) is 6. The van der Waals surface area contributed by atoms with Crippen molar-refractivity contribution >= 4 is 33.1 Å². The maximum absolute atomic E-state index is 12.3. The highest BCUT2D eigenvalue weighted by molar-refractivity contribution is 7.90. The summed E-state index contributed by atoms with van der Waals surface area (Å²) in [5, 5.41) is 2.50. The lowest BCUT2D eigenvalue weighted by Gasteiger charge is -2.14. The third-order valence-electron chi connectivity index (χ3n) is 4.86. The molecule has 9 heteroatoms. The minimum Gasteiger partial charge on any atom is -0.493 e. The first-order valence-electron chi connectivity index (χ1n) is 10.8. The van der Waals surface area contributed by atoms with Gasteiger partial charge in [0.2, 0.25) is 0 Å². The molecule has 182 valence electrons. The van der Waals surface area contributed by atoms with Gasteiger partial charge in [-0.2, -0.15) is 0 Å². The van der Waals surface area contributed by atoms with Gasteiger partial charge >= 0.3 is 6.03 Å². The predicted molar refractivity (Wildman–Crippen MR) is 134 cm³/mol. The van der Waals surface area contributed by atoms with E-state index in [1.54, 1.807) is 61.7 Å². The van der Waals surface area contributed by atoms with E-state index in [1.807, 2.05) is 17.7 Å². The zero-order valence-corrected chi connectivity index (χ0v) is 20.4. The molecule has 0 aliphatic heterocycles. The van der Waals surface area contributed by atoms with E-state index in [4.69, 9.17) is 9.47 Å². The maximum Gasteiger partial charge on any atom is 0.333 e. The molecule has 0 heterocycles. The Hall–Kier alpha value is -4.11. The molecule has 0 aromatic heterocycles. The normalized spacial score (nSPS) is 11.5. The van der Waals surface area contributed by atoms with Gasteiger partial charge < -0.3 is 14.8 Å². The van der Waals surface area contributed by atoms with Crippen LogP contribution in [0.15, 0.2) is 83.8 Å². The van der Waals surface area contributed by atoms with Crippen molar-refractivity contribution in [2.75, 3.05) is 19.0 Å². The summed E-state index contributed by atoms with van der Waals surface area (Å²) in [6, 6.07) is 18.8. The summed E-state index contributed by atoms with van der Waals surface area (Å²) >= 11 is 0. The number of carbonyl (C=O) groups is 2. The van der Waals surface area contributed by atoms with Crippen molar-refractivity contribution in [2.24, 2.45) is 0 Å². The van der Waals surface area contributed by atoms with Crippen LogP contribution in [0.5, 0.6) is 11.5 Å². The Morgan fingerprint density at radius 1 is 0.914 bits per heavy atom. The highest BCUT2D eigenvalue weighted by atomic mass is 32.2. The summed E-state index contributed by atoms with van der Waals surface area (Å²) < 4.78 is 37.6. The number of methoxy groups -OCH3 is 1. The Morgan fingerprint density at radius 2 is 1.57 bits per heavy atom. The van der Waals surface area contributed by atoms with Crippen LogP contribution < -0.4 is 19.5 Å². The number of benzene rings is 3. The van der Waals surface area contributed by atoms with E-state index in [2.05, 4.69) is 5.32 Å². The fourth-order valence-corrected chi connectivity index (χ4v) is 4.25. The van der Waals surface area contributed by atoms with Gasteiger partial charge in [0.05, 0.1) is 18.6 Å². The van der Waals surface area contributed by atoms with Gasteiger partial charge in [-0.25, -0.2) is 17.9 Å².